The lowest BCUT2D eigenvalue weighted by Crippen LogP contribution is -2.00. The average molecular weight is 300 g/mol. The molecule has 1 aromatic heterocycles. The van der Waals surface area contributed by atoms with E-state index in [0.29, 0.717) is 17.1 Å². The Balaban J connectivity index is 1.68. The average Bonchev–Trinajstić information content (AvgIpc) is 2.92. The first kappa shape index (κ1) is 13.4. The third kappa shape index (κ3) is 2.51. The van der Waals surface area contributed by atoms with Crippen molar-refractivity contribution in [3.63, 3.8) is 0 Å². The van der Waals surface area contributed by atoms with Crippen LogP contribution in [0.3, 0.4) is 0 Å². The molecule has 0 fully saturated rings. The molecule has 0 amide bonds. The zero-order valence-corrected chi connectivity index (χ0v) is 12.1. The highest BCUT2D eigenvalue weighted by atomic mass is 16.5. The number of hydrogen-bond acceptors (Lipinski definition) is 4. The second-order valence-electron chi connectivity index (χ2n) is 5.15. The Labute approximate surface area is 133 Å². The Kier molecular flexibility index (Phi) is 3.20. The molecule has 4 heteroatoms. The lowest BCUT2D eigenvalue weighted by molar-refractivity contribution is -0.126. The Morgan fingerprint density at radius 3 is 2.35 bits per heavy atom. The van der Waals surface area contributed by atoms with Gasteiger partial charge in [0.1, 0.15) is 5.75 Å². The summed E-state index contributed by atoms with van der Waals surface area (Å²) in [6, 6.07) is 17.1. The van der Waals surface area contributed by atoms with E-state index in [-0.39, 0.29) is 5.97 Å². The third-order valence-electron chi connectivity index (χ3n) is 3.61. The van der Waals surface area contributed by atoms with Crippen molar-refractivity contribution in [2.45, 2.75) is 0 Å². The topological polar surface area (TPSA) is 52.1 Å². The van der Waals surface area contributed by atoms with Gasteiger partial charge in [-0.05, 0) is 12.1 Å². The largest absolute Gasteiger partial charge is 0.422 e. The maximum Gasteiger partial charge on any atom is 0.344 e. The molecule has 4 rings (SSSR count). The molecule has 0 aliphatic carbocycles. The van der Waals surface area contributed by atoms with Gasteiger partial charge in [-0.15, -0.1) is 0 Å². The van der Waals surface area contributed by atoms with Gasteiger partial charge in [-0.2, -0.15) is 0 Å². The van der Waals surface area contributed by atoms with Crippen LogP contribution < -0.4 is 4.74 Å². The smallest absolute Gasteiger partial charge is 0.344 e. The number of carbonyl (C=O) groups excluding carboxylic acids is 1. The minimum atomic E-state index is -0.349. The van der Waals surface area contributed by atoms with E-state index < -0.39 is 0 Å². The summed E-state index contributed by atoms with van der Waals surface area (Å²) in [7, 11) is 0. The molecule has 0 atom stereocenters. The number of carbonyl (C=O) groups is 1. The number of benzene rings is 2. The lowest BCUT2D eigenvalue weighted by atomic mass is 10.1. The monoisotopic (exact) mass is 300 g/mol. The zero-order valence-electron chi connectivity index (χ0n) is 12.1. The molecule has 3 aromatic rings. The van der Waals surface area contributed by atoms with Gasteiger partial charge in [-0.25, -0.2) is 14.8 Å². The van der Waals surface area contributed by atoms with E-state index in [1.165, 1.54) is 0 Å². The summed E-state index contributed by atoms with van der Waals surface area (Å²) in [5.41, 5.74) is 3.03. The first-order chi connectivity index (χ1) is 11.3. The first-order valence-electron chi connectivity index (χ1n) is 7.22. The molecule has 0 unspecified atom stereocenters. The molecule has 23 heavy (non-hydrogen) atoms. The quantitative estimate of drug-likeness (QED) is 0.412. The number of fused-ring (bicyclic) bond motifs is 1. The van der Waals surface area contributed by atoms with Crippen molar-refractivity contribution in [1.29, 1.82) is 0 Å². The summed E-state index contributed by atoms with van der Waals surface area (Å²) in [5.74, 6) is 0.894. The van der Waals surface area contributed by atoms with E-state index in [1.54, 1.807) is 24.5 Å². The number of hydrogen-bond donors (Lipinski definition) is 0. The Bertz CT molecular complexity index is 900. The lowest BCUT2D eigenvalue weighted by Gasteiger charge is -2.00. The van der Waals surface area contributed by atoms with Crippen LogP contribution in [0, 0.1) is 0 Å². The van der Waals surface area contributed by atoms with Crippen LogP contribution in [0.25, 0.3) is 23.0 Å². The number of esters is 1. The molecule has 0 spiro atoms. The van der Waals surface area contributed by atoms with Crippen LogP contribution in [0.15, 0.2) is 67.0 Å². The number of aromatic nitrogens is 2. The van der Waals surface area contributed by atoms with Crippen LogP contribution in [-0.2, 0) is 4.79 Å². The summed E-state index contributed by atoms with van der Waals surface area (Å²) in [6.07, 6.45) is 5.16. The van der Waals surface area contributed by atoms with E-state index >= 15 is 0 Å². The van der Waals surface area contributed by atoms with Crippen LogP contribution in [0.1, 0.15) is 11.1 Å². The number of para-hydroxylation sites is 1. The molecule has 1 aliphatic rings. The molecule has 0 saturated heterocycles. The summed E-state index contributed by atoms with van der Waals surface area (Å²) in [4.78, 5) is 20.7. The zero-order chi connectivity index (χ0) is 15.6. The van der Waals surface area contributed by atoms with Crippen molar-refractivity contribution in [3.8, 4) is 17.1 Å². The van der Waals surface area contributed by atoms with Crippen molar-refractivity contribution >= 4 is 17.6 Å². The maximum atomic E-state index is 12.0. The van der Waals surface area contributed by atoms with Crippen LogP contribution in [0.5, 0.6) is 5.75 Å². The molecule has 0 saturated carbocycles. The Morgan fingerprint density at radius 2 is 1.57 bits per heavy atom. The van der Waals surface area contributed by atoms with Crippen molar-refractivity contribution in [2.24, 2.45) is 0 Å². The summed E-state index contributed by atoms with van der Waals surface area (Å²) >= 11 is 0. The van der Waals surface area contributed by atoms with Crippen LogP contribution in [0.4, 0.5) is 0 Å². The molecule has 2 heterocycles. The minimum Gasteiger partial charge on any atom is -0.422 e. The fourth-order valence-electron chi connectivity index (χ4n) is 2.50. The maximum absolute atomic E-state index is 12.0. The van der Waals surface area contributed by atoms with Crippen molar-refractivity contribution in [3.05, 3.63) is 78.1 Å². The Morgan fingerprint density at radius 1 is 0.870 bits per heavy atom. The molecule has 0 N–H and O–H groups in total. The van der Waals surface area contributed by atoms with E-state index in [2.05, 4.69) is 9.97 Å². The first-order valence-corrected chi connectivity index (χ1v) is 7.22. The van der Waals surface area contributed by atoms with Crippen molar-refractivity contribution in [2.75, 3.05) is 0 Å². The predicted octanol–water partition coefficient (Wildman–Crippen LogP) is 3.60. The van der Waals surface area contributed by atoms with Gasteiger partial charge >= 0.3 is 5.97 Å². The molecular formula is C19H12N2O2. The summed E-state index contributed by atoms with van der Waals surface area (Å²) in [6.45, 7) is 0. The summed E-state index contributed by atoms with van der Waals surface area (Å²) < 4.78 is 5.24. The van der Waals surface area contributed by atoms with Gasteiger partial charge in [-0.3, -0.25) is 0 Å². The van der Waals surface area contributed by atoms with Gasteiger partial charge < -0.3 is 4.74 Å². The molecule has 1 aliphatic heterocycles. The van der Waals surface area contributed by atoms with Crippen LogP contribution in [-0.4, -0.2) is 15.9 Å². The fraction of sp³-hybridized carbons (Fsp3) is 0. The van der Waals surface area contributed by atoms with Crippen LogP contribution >= 0.6 is 0 Å². The number of nitrogens with zero attached hydrogens (tertiary/aromatic N) is 2. The molecular weight excluding hydrogens is 288 g/mol. The van der Waals surface area contributed by atoms with E-state index in [1.807, 2.05) is 48.5 Å². The predicted molar refractivity (Wildman–Crippen MR) is 87.4 cm³/mol. The minimum absolute atomic E-state index is 0.349. The molecule has 110 valence electrons. The summed E-state index contributed by atoms with van der Waals surface area (Å²) in [5, 5.41) is 0. The Hall–Kier alpha value is -3.27. The van der Waals surface area contributed by atoms with E-state index in [0.717, 1.165) is 16.7 Å². The van der Waals surface area contributed by atoms with Gasteiger partial charge in [-0.1, -0.05) is 48.5 Å². The van der Waals surface area contributed by atoms with Crippen LogP contribution in [0.2, 0.25) is 0 Å². The van der Waals surface area contributed by atoms with Crippen molar-refractivity contribution in [1.82, 2.24) is 9.97 Å². The van der Waals surface area contributed by atoms with Gasteiger partial charge in [0.15, 0.2) is 5.82 Å². The third-order valence-corrected chi connectivity index (χ3v) is 3.61. The van der Waals surface area contributed by atoms with E-state index in [4.69, 9.17) is 4.74 Å². The highest BCUT2D eigenvalue weighted by molar-refractivity contribution is 6.25. The number of rotatable bonds is 2. The normalized spacial score (nSPS) is 14.6. The standard InChI is InChI=1S/C19H12N2O2/c22-19-16(15-8-4-5-9-17(15)23-19)10-13-11-20-18(21-12-13)14-6-2-1-3-7-14/h1-12H/b16-10+. The molecule has 2 aromatic carbocycles. The highest BCUT2D eigenvalue weighted by Crippen LogP contribution is 2.34. The van der Waals surface area contributed by atoms with Gasteiger partial charge in [0.05, 0.1) is 5.57 Å². The van der Waals surface area contributed by atoms with Gasteiger partial charge in [0, 0.05) is 29.1 Å². The highest BCUT2D eigenvalue weighted by Gasteiger charge is 2.26. The molecule has 0 bridgehead atoms. The SMILES string of the molecule is O=C1Oc2ccccc2/C1=C\c1cnc(-c2ccccc2)nc1. The second kappa shape index (κ2) is 5.50. The second-order valence-corrected chi connectivity index (χ2v) is 5.15. The number of ether oxygens (including phenoxy) is 1. The molecule has 0 radical (unpaired) electrons. The van der Waals surface area contributed by atoms with E-state index in [9.17, 15) is 4.79 Å². The van der Waals surface area contributed by atoms with Gasteiger partial charge in [0.25, 0.3) is 0 Å². The van der Waals surface area contributed by atoms with Crippen molar-refractivity contribution < 1.29 is 9.53 Å². The van der Waals surface area contributed by atoms with Gasteiger partial charge in [0.2, 0.25) is 0 Å². The fourth-order valence-corrected chi connectivity index (χ4v) is 2.50. The molecule has 4 nitrogen and oxygen atoms in total.